The van der Waals surface area contributed by atoms with Gasteiger partial charge in [-0.3, -0.25) is 9.59 Å². The molecule has 39 heteroatoms. The first kappa shape index (κ1) is 70.6. The van der Waals surface area contributed by atoms with Crippen molar-refractivity contribution in [2.45, 2.75) is 64.7 Å². The van der Waals surface area contributed by atoms with E-state index in [1.54, 1.807) is 12.2 Å². The fourth-order valence-electron chi connectivity index (χ4n) is 7.51. The molecule has 0 spiro atoms. The molecule has 31 radical (unpaired) electrons. The average molecular weight is 1190 g/mol. The molecule has 0 fully saturated rings. The lowest BCUT2D eigenvalue weighted by Crippen LogP contribution is -2.72. The van der Waals surface area contributed by atoms with E-state index in [1.165, 1.54) is 7.06 Å². The van der Waals surface area contributed by atoms with Gasteiger partial charge in [0, 0.05) is 219 Å². The summed E-state index contributed by atoms with van der Waals surface area (Å²) in [6.45, 7) is 9.55. The van der Waals surface area contributed by atoms with Crippen molar-refractivity contribution in [3.05, 3.63) is 113 Å². The molecule has 3 aliphatic carbocycles. The zero-order valence-corrected chi connectivity index (χ0v) is 47.6. The molecule has 0 atom stereocenters. The van der Waals surface area contributed by atoms with Crippen LogP contribution in [0.3, 0.4) is 0 Å². The van der Waals surface area contributed by atoms with Crippen molar-refractivity contribution >= 4 is 280 Å². The fourth-order valence-corrected chi connectivity index (χ4v) is 8.95. The Bertz CT molecular complexity index is 2310. The molecule has 0 aliphatic heterocycles. The maximum atomic E-state index is 11.1. The number of rotatable bonds is 14. The van der Waals surface area contributed by atoms with Crippen molar-refractivity contribution in [1.82, 2.24) is 0 Å². The number of halogens is 4. The van der Waals surface area contributed by atoms with E-state index < -0.39 is 63.9 Å². The third-order valence-electron chi connectivity index (χ3n) is 11.0. The normalized spacial score (nSPS) is 13.7. The van der Waals surface area contributed by atoms with E-state index in [0.717, 1.165) is 88.3 Å². The highest BCUT2D eigenvalue weighted by molar-refractivity contribution is 9.11. The number of furan rings is 3. The zero-order valence-electron chi connectivity index (χ0n) is 41.2. The highest BCUT2D eigenvalue weighted by Gasteiger charge is 2.36. The highest BCUT2D eigenvalue weighted by Crippen LogP contribution is 2.33. The maximum absolute atomic E-state index is 11.1. The first-order chi connectivity index (χ1) is 34.8. The van der Waals surface area contributed by atoms with Gasteiger partial charge in [0.1, 0.15) is 11.5 Å². The van der Waals surface area contributed by atoms with Gasteiger partial charge in [-0.2, -0.15) is 0 Å². The smallest absolute Gasteiger partial charge is 0.265 e. The van der Waals surface area contributed by atoms with Crippen LogP contribution in [-0.4, -0.2) is 212 Å². The van der Waals surface area contributed by atoms with Gasteiger partial charge in [0.25, 0.3) is 5.70 Å². The molecule has 3 aromatic heterocycles. The van der Waals surface area contributed by atoms with Crippen LogP contribution in [0.5, 0.6) is 0 Å². The van der Waals surface area contributed by atoms with Gasteiger partial charge in [-0.15, -0.1) is 0 Å². The lowest BCUT2D eigenvalue weighted by molar-refractivity contribution is -0.116. The molecule has 3 heterocycles. The Labute approximate surface area is 498 Å². The Hall–Kier alpha value is -1.41. The molecule has 3 aromatic rings. The second-order valence-electron chi connectivity index (χ2n) is 16.8. The molecule has 0 unspecified atom stereocenters. The topological polar surface area (TPSA) is 111 Å². The number of nitrogens with zero attached hydrogens (tertiary/aromatic N) is 2. The first-order valence-electron chi connectivity index (χ1n) is 23.2. The van der Waals surface area contributed by atoms with E-state index >= 15 is 0 Å². The summed E-state index contributed by atoms with van der Waals surface area (Å²) in [5.41, 5.74) is 3.07. The molecule has 3 aliphatic rings. The number of ketones is 2. The van der Waals surface area contributed by atoms with Gasteiger partial charge < -0.3 is 18.0 Å². The standard InChI is InChI=1S/C13H9BrN2O.C10H9BrO2.C8H12O2.C4H2Br2O.B14.B13/c1-16-11(8-15)9-3-2-4-10(7-9)12-5-6-13(14)17-12;11-10-5-4-9(13-10)7-2-1-3-8(12)6-7;1-2-10-8-5-3-4-7(9)6-8;5-3-1-2-4(6)7-3;1-9(2)13(10(3)4)14(11(5)6)12(7)8;1-8-12(9(2)3)13(10(4)5)11(6)7/h5-7H,2-4H2;4-6H,1-3H2;6H,2-5H2,1H3;1-2H;;/b11-9-;;;;;. The van der Waals surface area contributed by atoms with Crippen molar-refractivity contribution in [3.8, 4) is 6.07 Å². The minimum Gasteiger partial charge on any atom is -0.498 e. The monoisotopic (exact) mass is 1190 g/mol. The Balaban J connectivity index is 0.000000451. The van der Waals surface area contributed by atoms with Crippen LogP contribution in [0.1, 0.15) is 76.2 Å². The van der Waals surface area contributed by atoms with E-state index in [2.05, 4.69) is 68.6 Å². The van der Waals surface area contributed by atoms with Crippen LogP contribution in [-0.2, 0) is 14.3 Å². The van der Waals surface area contributed by atoms with Gasteiger partial charge in [0.15, 0.2) is 30.2 Å². The predicted octanol–water partition coefficient (Wildman–Crippen LogP) is 1.67. The summed E-state index contributed by atoms with van der Waals surface area (Å²) in [7, 11) is 83.6. The van der Waals surface area contributed by atoms with Gasteiger partial charge >= 0.3 is 0 Å². The number of nitriles is 1. The summed E-state index contributed by atoms with van der Waals surface area (Å²) in [4.78, 5) is 25.2. The molecule has 6 rings (SSSR count). The largest absolute Gasteiger partial charge is 0.498 e. The van der Waals surface area contributed by atoms with E-state index in [4.69, 9.17) is 146 Å². The van der Waals surface area contributed by atoms with Gasteiger partial charge in [-0.25, -0.2) is 10.1 Å². The van der Waals surface area contributed by atoms with E-state index in [9.17, 15) is 9.59 Å². The molecule has 8 nitrogen and oxygen atoms in total. The molecule has 74 heavy (non-hydrogen) atoms. The van der Waals surface area contributed by atoms with Gasteiger partial charge in [-0.05, 0) is 168 Å². The van der Waals surface area contributed by atoms with Crippen molar-refractivity contribution < 1.29 is 27.6 Å². The van der Waals surface area contributed by atoms with Gasteiger partial charge in [0.05, 0.1) is 25.0 Å². The fraction of sp³-hybridized carbons (Fsp3) is 0.314. The molecule has 0 saturated heterocycles. The summed E-state index contributed by atoms with van der Waals surface area (Å²) < 4.78 is 23.9. The second-order valence-corrected chi connectivity index (χ2v) is 19.9. The lowest BCUT2D eigenvalue weighted by atomic mass is 8.47. The molecule has 327 valence electrons. The second kappa shape index (κ2) is 38.2. The number of ether oxygens (including phenoxy) is 1. The predicted molar refractivity (Wildman–Crippen MR) is 349 cm³/mol. The van der Waals surface area contributed by atoms with Crippen molar-refractivity contribution in [2.75, 3.05) is 6.61 Å². The Morgan fingerprint density at radius 1 is 0.595 bits per heavy atom. The highest BCUT2D eigenvalue weighted by atomic mass is 79.9. The number of hydrogen-bond donors (Lipinski definition) is 0. The van der Waals surface area contributed by atoms with Gasteiger partial charge in [0.2, 0.25) is 0 Å². The summed E-state index contributed by atoms with van der Waals surface area (Å²) in [6, 6.07) is 13.0. The quantitative estimate of drug-likeness (QED) is 0.137. The molecular formula is C35H32B27Br4N2O6. The molecule has 0 N–H and O–H groups in total. The van der Waals surface area contributed by atoms with Crippen LogP contribution in [0.2, 0.25) is 0 Å². The minimum atomic E-state index is -0.760. The van der Waals surface area contributed by atoms with Crippen LogP contribution in [0, 0.1) is 17.9 Å². The molecule has 0 aromatic carbocycles. The third-order valence-corrected chi connectivity index (χ3v) is 12.7. The Morgan fingerprint density at radius 3 is 1.28 bits per heavy atom. The Morgan fingerprint density at radius 2 is 0.986 bits per heavy atom. The van der Waals surface area contributed by atoms with Crippen LogP contribution in [0.4, 0.5) is 0 Å². The summed E-state index contributed by atoms with van der Waals surface area (Å²) in [5, 5.41) is 8.86. The first-order valence-corrected chi connectivity index (χ1v) is 26.4. The van der Waals surface area contributed by atoms with E-state index in [1.807, 2.05) is 55.5 Å². The lowest BCUT2D eigenvalue weighted by Gasteiger charge is -2.34. The van der Waals surface area contributed by atoms with Crippen LogP contribution < -0.4 is 0 Å². The number of allylic oxidation sites excluding steroid dienone is 8. The summed E-state index contributed by atoms with van der Waals surface area (Å²) >= 11 is 12.8. The van der Waals surface area contributed by atoms with Crippen LogP contribution in [0.25, 0.3) is 16.0 Å². The van der Waals surface area contributed by atoms with Crippen molar-refractivity contribution in [1.29, 1.82) is 5.26 Å². The van der Waals surface area contributed by atoms with E-state index in [-0.39, 0.29) is 23.6 Å². The van der Waals surface area contributed by atoms with Crippen molar-refractivity contribution in [3.63, 3.8) is 0 Å². The Kier molecular flexibility index (Phi) is 36.5. The number of carbonyl (C=O) groups is 2. The van der Waals surface area contributed by atoms with Crippen molar-refractivity contribution in [2.24, 2.45) is 0 Å². The average Bonchev–Trinajstić information content (AvgIpc) is 4.08. The minimum absolute atomic E-state index is 0.188. The zero-order chi connectivity index (χ0) is 56.2. The molecule has 0 bridgehead atoms. The summed E-state index contributed by atoms with van der Waals surface area (Å²) in [5.74, 6) is 2.87. The molecule has 0 amide bonds. The van der Waals surface area contributed by atoms with Gasteiger partial charge in [-0.1, -0.05) is 6.08 Å². The SMILES string of the molecule is Brc1ccc(Br)o1.CCOC1=CC(=O)CCC1.O=C1C=C(c2ccc(Br)o2)CCC1.[B]B([B])B(B([B])[B])B(B([B])[B])B([B])[B].[B][B]B(B([B])[B])B(B([B])[B])B([B])[B].[C-]#[N+]/C(C#N)=C1\C=C(c2ccc(Br)o2)CCC1. The molecular weight excluding hydrogens is 1160 g/mol. The van der Waals surface area contributed by atoms with Crippen LogP contribution in [0.15, 0.2) is 104 Å². The maximum Gasteiger partial charge on any atom is 0.265 e. The molecule has 0 saturated carbocycles. The van der Waals surface area contributed by atoms with Crippen LogP contribution >= 0.6 is 63.7 Å². The summed E-state index contributed by atoms with van der Waals surface area (Å²) in [6.07, 6.45) is 6.03. The third kappa shape index (κ3) is 27.0. The number of carbonyl (C=O) groups excluding carboxylic acids is 2. The van der Waals surface area contributed by atoms with E-state index in [0.29, 0.717) is 28.8 Å². The number of hydrogen-bond acceptors (Lipinski definition) is 7.